The Balaban J connectivity index is 2.10. The van der Waals surface area contributed by atoms with Crippen molar-refractivity contribution >= 4 is 23.1 Å². The van der Waals surface area contributed by atoms with E-state index in [9.17, 15) is 14.0 Å². The van der Waals surface area contributed by atoms with Crippen LogP contribution in [0.1, 0.15) is 40.2 Å². The van der Waals surface area contributed by atoms with E-state index in [4.69, 9.17) is 0 Å². The molecule has 1 aromatic rings. The smallest absolute Gasteiger partial charge is 0.256 e. The molecule has 1 aliphatic rings. The highest BCUT2D eigenvalue weighted by Crippen LogP contribution is 2.33. The maximum absolute atomic E-state index is 13.7. The molecule has 0 fully saturated rings. The van der Waals surface area contributed by atoms with Crippen molar-refractivity contribution in [1.82, 2.24) is 15.5 Å². The van der Waals surface area contributed by atoms with E-state index in [0.29, 0.717) is 34.8 Å². The molecule has 162 valence electrons. The number of halogens is 1. The summed E-state index contributed by atoms with van der Waals surface area (Å²) in [4.78, 5) is 26.8. The lowest BCUT2D eigenvalue weighted by atomic mass is 10.0. The monoisotopic (exact) mass is 414 g/mol. The lowest BCUT2D eigenvalue weighted by Gasteiger charge is -2.17. The molecule has 2 amide bonds. The third-order valence-corrected chi connectivity index (χ3v) is 4.89. The van der Waals surface area contributed by atoms with Gasteiger partial charge in [-0.05, 0) is 58.1 Å². The second kappa shape index (κ2) is 10.7. The highest BCUT2D eigenvalue weighted by Gasteiger charge is 2.25. The van der Waals surface area contributed by atoms with E-state index < -0.39 is 5.82 Å². The molecule has 0 saturated carbocycles. The van der Waals surface area contributed by atoms with Crippen molar-refractivity contribution in [1.29, 1.82) is 0 Å². The number of allylic oxidation sites excluding steroid dienone is 3. The van der Waals surface area contributed by atoms with E-state index in [1.165, 1.54) is 18.2 Å². The number of benzene rings is 1. The molecule has 0 radical (unpaired) electrons. The summed E-state index contributed by atoms with van der Waals surface area (Å²) in [5.41, 5.74) is 3.74. The molecule has 6 nitrogen and oxygen atoms in total. The summed E-state index contributed by atoms with van der Waals surface area (Å²) in [6.07, 6.45) is 3.18. The average Bonchev–Trinajstić information content (AvgIpc) is 2.99. The molecule has 0 saturated heterocycles. The van der Waals surface area contributed by atoms with Gasteiger partial charge in [0.1, 0.15) is 5.82 Å². The quantitative estimate of drug-likeness (QED) is 0.542. The largest absolute Gasteiger partial charge is 0.359 e. The van der Waals surface area contributed by atoms with Crippen LogP contribution in [-0.4, -0.2) is 42.9 Å². The Morgan fingerprint density at radius 1 is 1.20 bits per heavy atom. The summed E-state index contributed by atoms with van der Waals surface area (Å²) in [6, 6.07) is 4.20. The number of fused-ring (bicyclic) bond motifs is 1. The average molecular weight is 415 g/mol. The Kier molecular flexibility index (Phi) is 8.35. The number of anilines is 1. The maximum atomic E-state index is 13.7. The first kappa shape index (κ1) is 23.3. The Morgan fingerprint density at radius 2 is 1.90 bits per heavy atom. The lowest BCUT2D eigenvalue weighted by molar-refractivity contribution is -0.116. The minimum Gasteiger partial charge on any atom is -0.359 e. The molecule has 7 heteroatoms. The van der Waals surface area contributed by atoms with Gasteiger partial charge in [0, 0.05) is 41.8 Å². The van der Waals surface area contributed by atoms with Crippen LogP contribution in [0.4, 0.5) is 10.1 Å². The number of carbonyl (C=O) groups excluding carboxylic acids is 2. The van der Waals surface area contributed by atoms with Crippen LogP contribution in [0.3, 0.4) is 0 Å². The molecular weight excluding hydrogens is 383 g/mol. The van der Waals surface area contributed by atoms with Gasteiger partial charge < -0.3 is 20.9 Å². The number of amides is 2. The van der Waals surface area contributed by atoms with Crippen LogP contribution in [0.15, 0.2) is 47.3 Å². The van der Waals surface area contributed by atoms with Crippen LogP contribution in [0.5, 0.6) is 0 Å². The highest BCUT2D eigenvalue weighted by atomic mass is 19.1. The van der Waals surface area contributed by atoms with Crippen LogP contribution >= 0.6 is 0 Å². The van der Waals surface area contributed by atoms with Crippen molar-refractivity contribution in [3.63, 3.8) is 0 Å². The zero-order valence-corrected chi connectivity index (χ0v) is 18.4. The van der Waals surface area contributed by atoms with Gasteiger partial charge in [0.2, 0.25) is 5.91 Å². The summed E-state index contributed by atoms with van der Waals surface area (Å²) < 4.78 is 13.7. The molecule has 1 aromatic carbocycles. The van der Waals surface area contributed by atoms with Crippen LogP contribution in [-0.2, 0) is 9.59 Å². The molecule has 0 aliphatic carbocycles. The fourth-order valence-corrected chi connectivity index (χ4v) is 3.13. The molecule has 3 N–H and O–H groups in total. The van der Waals surface area contributed by atoms with E-state index in [-0.39, 0.29) is 11.8 Å². The molecule has 0 bridgehead atoms. The van der Waals surface area contributed by atoms with Crippen molar-refractivity contribution in [2.45, 2.75) is 34.6 Å². The van der Waals surface area contributed by atoms with Crippen molar-refractivity contribution in [3.05, 3.63) is 58.7 Å². The second-order valence-corrected chi connectivity index (χ2v) is 7.39. The van der Waals surface area contributed by atoms with Crippen molar-refractivity contribution in [3.8, 4) is 0 Å². The highest BCUT2D eigenvalue weighted by molar-refractivity contribution is 6.31. The number of likely N-dealkylation sites (N-methyl/N-ethyl adjacent to an activating group) is 1. The Labute approximate surface area is 177 Å². The number of carbonyl (C=O) groups is 2. The molecule has 1 heterocycles. The topological polar surface area (TPSA) is 73.5 Å². The third kappa shape index (κ3) is 6.29. The van der Waals surface area contributed by atoms with Gasteiger partial charge in [0.05, 0.1) is 5.57 Å². The summed E-state index contributed by atoms with van der Waals surface area (Å²) in [7, 11) is 0. The molecule has 0 unspecified atom stereocenters. The maximum Gasteiger partial charge on any atom is 0.256 e. The molecular formula is C23H31FN4O2. The molecule has 1 aliphatic heterocycles. The molecule has 2 rings (SSSR count). The number of hydrogen-bond donors (Lipinski definition) is 3. The Bertz CT molecular complexity index is 894. The first-order chi connectivity index (χ1) is 14.2. The summed E-state index contributed by atoms with van der Waals surface area (Å²) in [6.45, 7) is 13.0. The van der Waals surface area contributed by atoms with Crippen molar-refractivity contribution < 1.29 is 14.0 Å². The molecule has 30 heavy (non-hydrogen) atoms. The van der Waals surface area contributed by atoms with Gasteiger partial charge in [-0.1, -0.05) is 19.4 Å². The minimum absolute atomic E-state index is 0.182. The van der Waals surface area contributed by atoms with E-state index in [2.05, 4.69) is 34.7 Å². The first-order valence-corrected chi connectivity index (χ1v) is 10.2. The Hall–Kier alpha value is -2.93. The number of rotatable bonds is 9. The minimum atomic E-state index is -0.402. The first-order valence-electron chi connectivity index (χ1n) is 10.2. The summed E-state index contributed by atoms with van der Waals surface area (Å²) in [5.74, 6) is -0.869. The van der Waals surface area contributed by atoms with Crippen LogP contribution in [0.25, 0.3) is 5.57 Å². The summed E-state index contributed by atoms with van der Waals surface area (Å²) in [5, 5.41) is 8.80. The van der Waals surface area contributed by atoms with Crippen molar-refractivity contribution in [2.75, 3.05) is 31.5 Å². The second-order valence-electron chi connectivity index (χ2n) is 7.39. The summed E-state index contributed by atoms with van der Waals surface area (Å²) >= 11 is 0. The lowest BCUT2D eigenvalue weighted by Crippen LogP contribution is -2.34. The number of hydrogen-bond acceptors (Lipinski definition) is 4. The molecule has 0 atom stereocenters. The van der Waals surface area contributed by atoms with Crippen molar-refractivity contribution in [2.24, 2.45) is 0 Å². The van der Waals surface area contributed by atoms with E-state index >= 15 is 0 Å². The van der Waals surface area contributed by atoms with Crippen LogP contribution in [0, 0.1) is 5.82 Å². The third-order valence-electron chi connectivity index (χ3n) is 4.89. The van der Waals surface area contributed by atoms with Gasteiger partial charge in [-0.25, -0.2) is 4.39 Å². The van der Waals surface area contributed by atoms with E-state index in [1.807, 2.05) is 13.8 Å². The van der Waals surface area contributed by atoms with Gasteiger partial charge in [-0.3, -0.25) is 9.59 Å². The van der Waals surface area contributed by atoms with Gasteiger partial charge >= 0.3 is 0 Å². The van der Waals surface area contributed by atoms with Crippen LogP contribution < -0.4 is 16.0 Å². The number of nitrogens with zero attached hydrogens (tertiary/aromatic N) is 1. The predicted octanol–water partition coefficient (Wildman–Crippen LogP) is 3.41. The van der Waals surface area contributed by atoms with Crippen LogP contribution in [0.2, 0.25) is 0 Å². The predicted molar refractivity (Wildman–Crippen MR) is 119 cm³/mol. The van der Waals surface area contributed by atoms with Gasteiger partial charge in [0.15, 0.2) is 0 Å². The fourth-order valence-electron chi connectivity index (χ4n) is 3.13. The fraction of sp³-hybridized carbons (Fsp3) is 0.391. The molecule has 0 spiro atoms. The Morgan fingerprint density at radius 3 is 2.53 bits per heavy atom. The normalized spacial score (nSPS) is 14.6. The van der Waals surface area contributed by atoms with Gasteiger partial charge in [-0.2, -0.15) is 0 Å². The zero-order chi connectivity index (χ0) is 22.3. The standard InChI is InChI=1S/C23H31FN4O2/c1-6-28(7-2)11-10-25-22(29)12-16(5)26-21(15(3)4)14-19-18-13-17(24)8-9-20(18)27-23(19)30/h8-9,12-14,26H,6-7,10-11H2,1-5H3,(H,25,29)(H,27,30)/b16-12+,19-14-. The van der Waals surface area contributed by atoms with E-state index in [1.54, 1.807) is 19.1 Å². The SMILES string of the molecule is CCN(CC)CCNC(=O)/C=C(\C)NC(/C=C1\C(=O)Nc2ccc(F)cc21)=C(C)C. The number of nitrogens with one attached hydrogen (secondary N) is 3. The zero-order valence-electron chi connectivity index (χ0n) is 18.4. The van der Waals surface area contributed by atoms with E-state index in [0.717, 1.165) is 25.2 Å². The molecule has 0 aromatic heterocycles. The van der Waals surface area contributed by atoms with Gasteiger partial charge in [0.25, 0.3) is 5.91 Å². The van der Waals surface area contributed by atoms with Gasteiger partial charge in [-0.15, -0.1) is 0 Å².